The third-order valence-electron chi connectivity index (χ3n) is 2.37. The van der Waals surface area contributed by atoms with Gasteiger partial charge in [0.15, 0.2) is 0 Å². The fourth-order valence-electron chi connectivity index (χ4n) is 1.74. The molecule has 16 heavy (non-hydrogen) atoms. The van der Waals surface area contributed by atoms with Crippen LogP contribution in [0.4, 0.5) is 0 Å². The second-order valence-electron chi connectivity index (χ2n) is 5.11. The number of para-hydroxylation sites is 1. The maximum absolute atomic E-state index is 6.18. The van der Waals surface area contributed by atoms with Gasteiger partial charge >= 0.3 is 0 Å². The Hall–Kier alpha value is -0.730. The Bertz CT molecular complexity index is 320. The van der Waals surface area contributed by atoms with E-state index in [1.807, 2.05) is 24.3 Å². The third-order valence-corrected chi connectivity index (χ3v) is 2.37. The standard InChI is InChI=1S/C13H21NO.ClH/c1-13(2,3)9-11(14)10-7-5-6-8-12(10)15-4;/h5-8,11H,9,14H2,1-4H3;1H. The first kappa shape index (κ1) is 15.3. The van der Waals surface area contributed by atoms with Crippen molar-refractivity contribution in [2.24, 2.45) is 11.1 Å². The molecule has 0 fully saturated rings. The van der Waals surface area contributed by atoms with Crippen molar-refractivity contribution >= 4 is 12.4 Å². The molecule has 0 aliphatic carbocycles. The van der Waals surface area contributed by atoms with Crippen LogP contribution < -0.4 is 10.5 Å². The fraction of sp³-hybridized carbons (Fsp3) is 0.538. The lowest BCUT2D eigenvalue weighted by molar-refractivity contribution is 0.334. The molecule has 1 aromatic rings. The number of rotatable bonds is 3. The zero-order valence-corrected chi connectivity index (χ0v) is 11.3. The first-order valence-electron chi connectivity index (χ1n) is 5.32. The number of nitrogens with two attached hydrogens (primary N) is 1. The van der Waals surface area contributed by atoms with Crippen LogP contribution >= 0.6 is 12.4 Å². The smallest absolute Gasteiger partial charge is 0.123 e. The van der Waals surface area contributed by atoms with Crippen molar-refractivity contribution in [2.75, 3.05) is 7.11 Å². The normalized spacial score (nSPS) is 12.8. The van der Waals surface area contributed by atoms with Crippen LogP contribution in [0.15, 0.2) is 24.3 Å². The van der Waals surface area contributed by atoms with Gasteiger partial charge < -0.3 is 10.5 Å². The highest BCUT2D eigenvalue weighted by Gasteiger charge is 2.19. The van der Waals surface area contributed by atoms with E-state index < -0.39 is 0 Å². The van der Waals surface area contributed by atoms with Gasteiger partial charge in [-0.3, -0.25) is 0 Å². The summed E-state index contributed by atoms with van der Waals surface area (Å²) in [6.07, 6.45) is 0.952. The molecule has 2 nitrogen and oxygen atoms in total. The van der Waals surface area contributed by atoms with E-state index in [-0.39, 0.29) is 23.9 Å². The first-order chi connectivity index (χ1) is 6.94. The molecule has 0 radical (unpaired) electrons. The summed E-state index contributed by atoms with van der Waals surface area (Å²) in [4.78, 5) is 0. The molecule has 2 N–H and O–H groups in total. The van der Waals surface area contributed by atoms with Gasteiger partial charge in [-0.25, -0.2) is 0 Å². The lowest BCUT2D eigenvalue weighted by atomic mass is 9.85. The zero-order chi connectivity index (χ0) is 11.5. The number of hydrogen-bond acceptors (Lipinski definition) is 2. The van der Waals surface area contributed by atoms with Crippen molar-refractivity contribution in [1.82, 2.24) is 0 Å². The second kappa shape index (κ2) is 6.12. The number of benzene rings is 1. The molecular formula is C13H22ClNO. The number of methoxy groups -OCH3 is 1. The van der Waals surface area contributed by atoms with E-state index in [1.165, 1.54) is 0 Å². The van der Waals surface area contributed by atoms with Gasteiger partial charge in [0, 0.05) is 11.6 Å². The largest absolute Gasteiger partial charge is 0.496 e. The van der Waals surface area contributed by atoms with Gasteiger partial charge in [0.25, 0.3) is 0 Å². The molecule has 0 amide bonds. The zero-order valence-electron chi connectivity index (χ0n) is 10.5. The molecule has 1 atom stereocenters. The lowest BCUT2D eigenvalue weighted by Crippen LogP contribution is -2.19. The van der Waals surface area contributed by atoms with Crippen molar-refractivity contribution in [2.45, 2.75) is 33.2 Å². The molecule has 0 aromatic heterocycles. The molecule has 0 spiro atoms. The highest BCUT2D eigenvalue weighted by molar-refractivity contribution is 5.85. The van der Waals surface area contributed by atoms with Crippen LogP contribution in [-0.4, -0.2) is 7.11 Å². The molecule has 0 saturated carbocycles. The minimum atomic E-state index is 0. The fourth-order valence-corrected chi connectivity index (χ4v) is 1.74. The summed E-state index contributed by atoms with van der Waals surface area (Å²) in [5.41, 5.74) is 7.51. The molecule has 0 bridgehead atoms. The summed E-state index contributed by atoms with van der Waals surface area (Å²) >= 11 is 0. The molecule has 92 valence electrons. The molecule has 0 saturated heterocycles. The average molecular weight is 244 g/mol. The Morgan fingerprint density at radius 1 is 1.25 bits per heavy atom. The topological polar surface area (TPSA) is 35.2 Å². The van der Waals surface area contributed by atoms with Crippen LogP contribution in [0.3, 0.4) is 0 Å². The van der Waals surface area contributed by atoms with E-state index in [0.29, 0.717) is 0 Å². The van der Waals surface area contributed by atoms with E-state index in [0.717, 1.165) is 17.7 Å². The maximum atomic E-state index is 6.18. The number of ether oxygens (including phenoxy) is 1. The molecular weight excluding hydrogens is 222 g/mol. The van der Waals surface area contributed by atoms with E-state index in [4.69, 9.17) is 10.5 Å². The summed E-state index contributed by atoms with van der Waals surface area (Å²) in [5, 5.41) is 0. The van der Waals surface area contributed by atoms with E-state index in [1.54, 1.807) is 7.11 Å². The third kappa shape index (κ3) is 4.42. The summed E-state index contributed by atoms with van der Waals surface area (Å²) in [6.45, 7) is 6.59. The Kier molecular flexibility index (Phi) is 5.84. The molecule has 1 rings (SSSR count). The van der Waals surface area contributed by atoms with Gasteiger partial charge in [-0.05, 0) is 17.9 Å². The molecule has 0 aliphatic heterocycles. The number of hydrogen-bond donors (Lipinski definition) is 1. The van der Waals surface area contributed by atoms with Crippen molar-refractivity contribution in [3.05, 3.63) is 29.8 Å². The predicted molar refractivity (Wildman–Crippen MR) is 71.2 cm³/mol. The lowest BCUT2D eigenvalue weighted by Gasteiger charge is -2.24. The van der Waals surface area contributed by atoms with Crippen LogP contribution in [-0.2, 0) is 0 Å². The van der Waals surface area contributed by atoms with Gasteiger partial charge in [-0.2, -0.15) is 0 Å². The Morgan fingerprint density at radius 3 is 2.31 bits per heavy atom. The average Bonchev–Trinajstić information content (AvgIpc) is 2.15. The quantitative estimate of drug-likeness (QED) is 0.881. The molecule has 0 aliphatic rings. The molecule has 1 aromatic carbocycles. The molecule has 0 heterocycles. The van der Waals surface area contributed by atoms with Crippen LogP contribution in [0, 0.1) is 5.41 Å². The molecule has 3 heteroatoms. The maximum Gasteiger partial charge on any atom is 0.123 e. The summed E-state index contributed by atoms with van der Waals surface area (Å²) < 4.78 is 5.30. The Morgan fingerprint density at radius 2 is 1.81 bits per heavy atom. The van der Waals surface area contributed by atoms with Crippen molar-refractivity contribution in [3.8, 4) is 5.75 Å². The summed E-state index contributed by atoms with van der Waals surface area (Å²) in [6, 6.07) is 8.00. The minimum absolute atomic E-state index is 0. The first-order valence-corrected chi connectivity index (χ1v) is 5.32. The monoisotopic (exact) mass is 243 g/mol. The van der Waals surface area contributed by atoms with Crippen molar-refractivity contribution < 1.29 is 4.74 Å². The van der Waals surface area contributed by atoms with Crippen LogP contribution in [0.5, 0.6) is 5.75 Å². The minimum Gasteiger partial charge on any atom is -0.496 e. The van der Waals surface area contributed by atoms with Crippen LogP contribution in [0.1, 0.15) is 38.8 Å². The highest BCUT2D eigenvalue weighted by Crippen LogP contribution is 2.31. The van der Waals surface area contributed by atoms with E-state index in [2.05, 4.69) is 20.8 Å². The predicted octanol–water partition coefficient (Wildman–Crippen LogP) is 3.55. The van der Waals surface area contributed by atoms with E-state index in [9.17, 15) is 0 Å². The van der Waals surface area contributed by atoms with Gasteiger partial charge in [-0.15, -0.1) is 12.4 Å². The Labute approximate surface area is 105 Å². The highest BCUT2D eigenvalue weighted by atomic mass is 35.5. The Balaban J connectivity index is 0.00000225. The second-order valence-corrected chi connectivity index (χ2v) is 5.11. The van der Waals surface area contributed by atoms with Crippen LogP contribution in [0.25, 0.3) is 0 Å². The van der Waals surface area contributed by atoms with Crippen molar-refractivity contribution in [1.29, 1.82) is 0 Å². The summed E-state index contributed by atoms with van der Waals surface area (Å²) in [5.74, 6) is 0.884. The van der Waals surface area contributed by atoms with Gasteiger partial charge in [0.1, 0.15) is 5.75 Å². The summed E-state index contributed by atoms with van der Waals surface area (Å²) in [7, 11) is 1.68. The molecule has 1 unspecified atom stereocenters. The van der Waals surface area contributed by atoms with Gasteiger partial charge in [-0.1, -0.05) is 39.0 Å². The van der Waals surface area contributed by atoms with Gasteiger partial charge in [0.05, 0.1) is 7.11 Å². The van der Waals surface area contributed by atoms with Crippen molar-refractivity contribution in [3.63, 3.8) is 0 Å². The van der Waals surface area contributed by atoms with E-state index >= 15 is 0 Å². The van der Waals surface area contributed by atoms with Crippen LogP contribution in [0.2, 0.25) is 0 Å². The SMILES string of the molecule is COc1ccccc1C(N)CC(C)(C)C.Cl. The van der Waals surface area contributed by atoms with Gasteiger partial charge in [0.2, 0.25) is 0 Å². The number of halogens is 1.